The Bertz CT molecular complexity index is 482. The molecule has 1 aromatic heterocycles. The molecule has 0 radical (unpaired) electrons. The largest absolute Gasteiger partial charge is 0.312 e. The van der Waals surface area contributed by atoms with Gasteiger partial charge in [0.05, 0.1) is 0 Å². The first-order valence-corrected chi connectivity index (χ1v) is 6.99. The fraction of sp³-hybridized carbons (Fsp3) is 0.231. The van der Waals surface area contributed by atoms with Crippen molar-refractivity contribution < 1.29 is 0 Å². The van der Waals surface area contributed by atoms with Gasteiger partial charge >= 0.3 is 0 Å². The normalized spacial score (nSPS) is 12.6. The summed E-state index contributed by atoms with van der Waals surface area (Å²) in [4.78, 5) is 1.32. The van der Waals surface area contributed by atoms with Crippen molar-refractivity contribution in [2.75, 3.05) is 7.05 Å². The smallest absolute Gasteiger partial charge is 0.0453 e. The Hall–Kier alpha value is -0.540. The lowest BCUT2D eigenvalue weighted by molar-refractivity contribution is 0.602. The van der Waals surface area contributed by atoms with Crippen LogP contribution in [0.3, 0.4) is 0 Å². The average Bonchev–Trinajstić information content (AvgIpc) is 2.81. The minimum absolute atomic E-state index is 0.300. The SMILES string of the molecule is CNC(Cc1ccc(Cl)cc1Cl)c1cccs1. The van der Waals surface area contributed by atoms with E-state index in [9.17, 15) is 0 Å². The van der Waals surface area contributed by atoms with Crippen molar-refractivity contribution in [3.05, 3.63) is 56.2 Å². The Morgan fingerprint density at radius 3 is 2.71 bits per heavy atom. The van der Waals surface area contributed by atoms with E-state index in [2.05, 4.69) is 22.8 Å². The van der Waals surface area contributed by atoms with Crippen LogP contribution in [-0.4, -0.2) is 7.05 Å². The topological polar surface area (TPSA) is 12.0 Å². The van der Waals surface area contributed by atoms with Gasteiger partial charge in [0.15, 0.2) is 0 Å². The van der Waals surface area contributed by atoms with Crippen LogP contribution in [0.25, 0.3) is 0 Å². The maximum atomic E-state index is 6.18. The second kappa shape index (κ2) is 5.87. The maximum Gasteiger partial charge on any atom is 0.0453 e. The van der Waals surface area contributed by atoms with Crippen molar-refractivity contribution >= 4 is 34.5 Å². The number of hydrogen-bond donors (Lipinski definition) is 1. The minimum atomic E-state index is 0.300. The molecular weight excluding hydrogens is 273 g/mol. The Morgan fingerprint density at radius 2 is 2.12 bits per heavy atom. The first-order valence-electron chi connectivity index (χ1n) is 5.35. The van der Waals surface area contributed by atoms with Crippen LogP contribution in [0.4, 0.5) is 0 Å². The van der Waals surface area contributed by atoms with E-state index in [1.54, 1.807) is 17.4 Å². The molecule has 0 fully saturated rings. The first-order chi connectivity index (χ1) is 8.20. The summed E-state index contributed by atoms with van der Waals surface area (Å²) in [5, 5.41) is 6.81. The molecule has 0 aliphatic rings. The van der Waals surface area contributed by atoms with Crippen LogP contribution in [0, 0.1) is 0 Å². The van der Waals surface area contributed by atoms with Gasteiger partial charge in [0.25, 0.3) is 0 Å². The zero-order valence-electron chi connectivity index (χ0n) is 9.41. The number of halogens is 2. The van der Waals surface area contributed by atoms with E-state index in [-0.39, 0.29) is 0 Å². The van der Waals surface area contributed by atoms with Gasteiger partial charge in [-0.2, -0.15) is 0 Å². The lowest BCUT2D eigenvalue weighted by Crippen LogP contribution is -2.17. The summed E-state index contributed by atoms with van der Waals surface area (Å²) in [7, 11) is 1.97. The van der Waals surface area contributed by atoms with E-state index in [4.69, 9.17) is 23.2 Å². The van der Waals surface area contributed by atoms with Gasteiger partial charge in [-0.1, -0.05) is 35.3 Å². The molecule has 0 spiro atoms. The summed E-state index contributed by atoms with van der Waals surface area (Å²) in [6.45, 7) is 0. The van der Waals surface area contributed by atoms with Crippen LogP contribution in [-0.2, 0) is 6.42 Å². The maximum absolute atomic E-state index is 6.18. The van der Waals surface area contributed by atoms with E-state index >= 15 is 0 Å². The van der Waals surface area contributed by atoms with Crippen molar-refractivity contribution in [3.8, 4) is 0 Å². The highest BCUT2D eigenvalue weighted by atomic mass is 35.5. The van der Waals surface area contributed by atoms with Crippen molar-refractivity contribution in [1.82, 2.24) is 5.32 Å². The summed E-state index contributed by atoms with van der Waals surface area (Å²) >= 11 is 13.8. The van der Waals surface area contributed by atoms with Gasteiger partial charge in [-0.05, 0) is 42.6 Å². The molecule has 90 valence electrons. The molecule has 0 bridgehead atoms. The molecular formula is C13H13Cl2NS. The quantitative estimate of drug-likeness (QED) is 0.869. The molecule has 0 saturated carbocycles. The van der Waals surface area contributed by atoms with Gasteiger partial charge in [-0.25, -0.2) is 0 Å². The third-order valence-corrected chi connectivity index (χ3v) is 4.25. The van der Waals surface area contributed by atoms with Gasteiger partial charge in [0, 0.05) is 21.0 Å². The first kappa shape index (κ1) is 12.9. The van der Waals surface area contributed by atoms with E-state index in [0.717, 1.165) is 17.0 Å². The summed E-state index contributed by atoms with van der Waals surface area (Å²) < 4.78 is 0. The van der Waals surface area contributed by atoms with Gasteiger partial charge in [-0.3, -0.25) is 0 Å². The summed E-state index contributed by atoms with van der Waals surface area (Å²) in [5.74, 6) is 0. The van der Waals surface area contributed by atoms with E-state index in [1.807, 2.05) is 19.2 Å². The van der Waals surface area contributed by atoms with E-state index in [1.165, 1.54) is 4.88 Å². The third kappa shape index (κ3) is 3.23. The summed E-state index contributed by atoms with van der Waals surface area (Å²) in [6.07, 6.45) is 0.868. The Morgan fingerprint density at radius 1 is 1.29 bits per heavy atom. The van der Waals surface area contributed by atoms with Gasteiger partial charge in [0.2, 0.25) is 0 Å². The van der Waals surface area contributed by atoms with Crippen molar-refractivity contribution in [3.63, 3.8) is 0 Å². The van der Waals surface area contributed by atoms with Crippen LogP contribution >= 0.6 is 34.5 Å². The highest BCUT2D eigenvalue weighted by molar-refractivity contribution is 7.10. The van der Waals surface area contributed by atoms with Crippen LogP contribution in [0.1, 0.15) is 16.5 Å². The van der Waals surface area contributed by atoms with Gasteiger partial charge in [0.1, 0.15) is 0 Å². The van der Waals surface area contributed by atoms with Gasteiger partial charge < -0.3 is 5.32 Å². The molecule has 1 unspecified atom stereocenters. The molecule has 2 rings (SSSR count). The number of rotatable bonds is 4. The molecule has 0 saturated heterocycles. The molecule has 1 N–H and O–H groups in total. The molecule has 17 heavy (non-hydrogen) atoms. The third-order valence-electron chi connectivity index (χ3n) is 2.67. The number of benzene rings is 1. The zero-order chi connectivity index (χ0) is 12.3. The van der Waals surface area contributed by atoms with Crippen LogP contribution in [0.15, 0.2) is 35.7 Å². The Balaban J connectivity index is 2.19. The van der Waals surface area contributed by atoms with Crippen LogP contribution in [0.5, 0.6) is 0 Å². The molecule has 1 aromatic carbocycles. The lowest BCUT2D eigenvalue weighted by Gasteiger charge is -2.15. The molecule has 0 aliphatic heterocycles. The zero-order valence-corrected chi connectivity index (χ0v) is 11.7. The minimum Gasteiger partial charge on any atom is -0.312 e. The van der Waals surface area contributed by atoms with Gasteiger partial charge in [-0.15, -0.1) is 11.3 Å². The molecule has 1 atom stereocenters. The Kier molecular flexibility index (Phi) is 4.46. The van der Waals surface area contributed by atoms with Crippen LogP contribution < -0.4 is 5.32 Å². The fourth-order valence-electron chi connectivity index (χ4n) is 1.74. The van der Waals surface area contributed by atoms with Crippen LogP contribution in [0.2, 0.25) is 10.0 Å². The lowest BCUT2D eigenvalue weighted by atomic mass is 10.0. The molecule has 4 heteroatoms. The summed E-state index contributed by atoms with van der Waals surface area (Å²) in [6, 6.07) is 10.2. The molecule has 2 aromatic rings. The molecule has 1 heterocycles. The second-order valence-electron chi connectivity index (χ2n) is 3.80. The standard InChI is InChI=1S/C13H13Cl2NS/c1-16-12(13-3-2-6-17-13)7-9-4-5-10(14)8-11(9)15/h2-6,8,12,16H,7H2,1H3. The highest BCUT2D eigenvalue weighted by Crippen LogP contribution is 2.27. The van der Waals surface area contributed by atoms with E-state index in [0.29, 0.717) is 11.1 Å². The predicted molar refractivity (Wildman–Crippen MR) is 76.3 cm³/mol. The van der Waals surface area contributed by atoms with Crippen molar-refractivity contribution in [1.29, 1.82) is 0 Å². The molecule has 0 aliphatic carbocycles. The number of likely N-dealkylation sites (N-methyl/N-ethyl adjacent to an activating group) is 1. The second-order valence-corrected chi connectivity index (χ2v) is 5.62. The molecule has 1 nitrogen and oxygen atoms in total. The fourth-order valence-corrected chi connectivity index (χ4v) is 3.06. The van der Waals surface area contributed by atoms with Crippen molar-refractivity contribution in [2.24, 2.45) is 0 Å². The Labute approximate surface area is 115 Å². The monoisotopic (exact) mass is 285 g/mol. The van der Waals surface area contributed by atoms with Crippen molar-refractivity contribution in [2.45, 2.75) is 12.5 Å². The number of hydrogen-bond acceptors (Lipinski definition) is 2. The summed E-state index contributed by atoms with van der Waals surface area (Å²) in [5.41, 5.74) is 1.11. The highest BCUT2D eigenvalue weighted by Gasteiger charge is 2.13. The number of thiophene rings is 1. The molecule has 0 amide bonds. The average molecular weight is 286 g/mol. The number of nitrogens with one attached hydrogen (secondary N) is 1. The van der Waals surface area contributed by atoms with E-state index < -0.39 is 0 Å². The predicted octanol–water partition coefficient (Wildman–Crippen LogP) is 4.56.